The lowest BCUT2D eigenvalue weighted by molar-refractivity contribution is -0.138. The van der Waals surface area contributed by atoms with Crippen LogP contribution in [0.2, 0.25) is 0 Å². The second kappa shape index (κ2) is 14.6. The Hall–Kier alpha value is -4.46. The smallest absolute Gasteiger partial charge is 0.409 e. The van der Waals surface area contributed by atoms with Gasteiger partial charge in [-0.25, -0.2) is 9.78 Å². The summed E-state index contributed by atoms with van der Waals surface area (Å²) in [6.45, 7) is 3.27. The number of hydrogen-bond acceptors (Lipinski definition) is 9. The second-order valence-corrected chi connectivity index (χ2v) is 10.4. The SMILES string of the molecule is CCOC(=O)N1CCN(C(=O)[C@H](CCC(=O)O)NC(=O)c2cc(OCC(=O)N3CCC[C@@H](O)C3)c3ccccc3n2)CC1. The van der Waals surface area contributed by atoms with Crippen LogP contribution >= 0.6 is 0 Å². The van der Waals surface area contributed by atoms with Gasteiger partial charge in [-0.3, -0.25) is 19.2 Å². The van der Waals surface area contributed by atoms with Gasteiger partial charge in [0.1, 0.15) is 17.5 Å². The minimum atomic E-state index is -1.15. The van der Waals surface area contributed by atoms with E-state index >= 15 is 0 Å². The largest absolute Gasteiger partial charge is 0.483 e. The minimum Gasteiger partial charge on any atom is -0.483 e. The van der Waals surface area contributed by atoms with Crippen molar-refractivity contribution in [1.82, 2.24) is 25.0 Å². The number of nitrogens with one attached hydrogen (secondary N) is 1. The summed E-state index contributed by atoms with van der Waals surface area (Å²) >= 11 is 0. The van der Waals surface area contributed by atoms with Gasteiger partial charge in [-0.1, -0.05) is 12.1 Å². The summed E-state index contributed by atoms with van der Waals surface area (Å²) in [5.41, 5.74) is 0.351. The molecule has 2 saturated heterocycles. The maximum absolute atomic E-state index is 13.4. The monoisotopic (exact) mass is 599 g/mol. The zero-order valence-corrected chi connectivity index (χ0v) is 24.1. The fourth-order valence-corrected chi connectivity index (χ4v) is 5.09. The third kappa shape index (κ3) is 8.31. The van der Waals surface area contributed by atoms with Gasteiger partial charge in [-0.15, -0.1) is 0 Å². The normalized spacial score (nSPS) is 17.7. The van der Waals surface area contributed by atoms with Crippen molar-refractivity contribution in [3.05, 3.63) is 36.0 Å². The second-order valence-electron chi connectivity index (χ2n) is 10.4. The zero-order chi connectivity index (χ0) is 30.9. The summed E-state index contributed by atoms with van der Waals surface area (Å²) < 4.78 is 10.9. The molecule has 232 valence electrons. The molecule has 2 aliphatic rings. The number of piperazine rings is 1. The van der Waals surface area contributed by atoms with Gasteiger partial charge in [0, 0.05) is 57.1 Å². The average Bonchev–Trinajstić information content (AvgIpc) is 3.01. The zero-order valence-electron chi connectivity index (χ0n) is 24.1. The molecule has 14 heteroatoms. The van der Waals surface area contributed by atoms with E-state index in [0.717, 1.165) is 0 Å². The van der Waals surface area contributed by atoms with Crippen LogP contribution < -0.4 is 10.1 Å². The van der Waals surface area contributed by atoms with Crippen LogP contribution in [-0.2, 0) is 19.1 Å². The molecule has 2 atom stereocenters. The molecule has 3 N–H and O–H groups in total. The van der Waals surface area contributed by atoms with Gasteiger partial charge in [0.25, 0.3) is 11.8 Å². The van der Waals surface area contributed by atoms with E-state index in [1.807, 2.05) is 0 Å². The van der Waals surface area contributed by atoms with Crippen LogP contribution in [0.15, 0.2) is 30.3 Å². The number of hydrogen-bond donors (Lipinski definition) is 3. The molecule has 0 bridgehead atoms. The van der Waals surface area contributed by atoms with Gasteiger partial charge in [-0.2, -0.15) is 0 Å². The van der Waals surface area contributed by atoms with Crippen molar-refractivity contribution >= 4 is 40.7 Å². The molecular formula is C29H37N5O9. The molecular weight excluding hydrogens is 562 g/mol. The number of aromatic nitrogens is 1. The highest BCUT2D eigenvalue weighted by molar-refractivity contribution is 5.99. The number of β-amino-alcohol motifs (C(OH)–C–C–N with tert-alkyl or cyclic N) is 1. The molecule has 4 rings (SSSR count). The first-order chi connectivity index (χ1) is 20.7. The third-order valence-electron chi connectivity index (χ3n) is 7.38. The molecule has 1 aromatic carbocycles. The van der Waals surface area contributed by atoms with Crippen molar-refractivity contribution in [2.24, 2.45) is 0 Å². The molecule has 43 heavy (non-hydrogen) atoms. The van der Waals surface area contributed by atoms with Gasteiger partial charge in [0.05, 0.1) is 18.2 Å². The summed E-state index contributed by atoms with van der Waals surface area (Å²) in [4.78, 5) is 71.8. The number of piperidine rings is 1. The summed E-state index contributed by atoms with van der Waals surface area (Å²) in [6, 6.07) is 7.15. The van der Waals surface area contributed by atoms with E-state index < -0.39 is 36.0 Å². The van der Waals surface area contributed by atoms with Gasteiger partial charge in [0.2, 0.25) is 5.91 Å². The molecule has 2 aromatic rings. The average molecular weight is 600 g/mol. The number of para-hydroxylation sites is 1. The molecule has 2 aliphatic heterocycles. The van der Waals surface area contributed by atoms with Gasteiger partial charge < -0.3 is 39.7 Å². The fourth-order valence-electron chi connectivity index (χ4n) is 5.09. The van der Waals surface area contributed by atoms with E-state index in [1.165, 1.54) is 20.8 Å². The van der Waals surface area contributed by atoms with Crippen LogP contribution in [0.4, 0.5) is 4.79 Å². The molecule has 0 aliphatic carbocycles. The number of carboxylic acid groups (broad SMARTS) is 1. The van der Waals surface area contributed by atoms with Crippen molar-refractivity contribution in [3.63, 3.8) is 0 Å². The molecule has 1 aromatic heterocycles. The van der Waals surface area contributed by atoms with Crippen LogP contribution in [0.3, 0.4) is 0 Å². The number of fused-ring (bicyclic) bond motifs is 1. The van der Waals surface area contributed by atoms with Gasteiger partial charge >= 0.3 is 12.1 Å². The first-order valence-corrected chi connectivity index (χ1v) is 14.4. The van der Waals surface area contributed by atoms with Crippen molar-refractivity contribution < 1.29 is 43.7 Å². The Kier molecular flexibility index (Phi) is 10.7. The first kappa shape index (κ1) is 31.5. The Labute approximate surface area is 248 Å². The third-order valence-corrected chi connectivity index (χ3v) is 7.38. The maximum Gasteiger partial charge on any atom is 0.409 e. The number of benzene rings is 1. The lowest BCUT2D eigenvalue weighted by atomic mass is 10.1. The van der Waals surface area contributed by atoms with Crippen molar-refractivity contribution in [1.29, 1.82) is 0 Å². The highest BCUT2D eigenvalue weighted by atomic mass is 16.6. The Morgan fingerprint density at radius 1 is 1.05 bits per heavy atom. The Morgan fingerprint density at radius 2 is 1.77 bits per heavy atom. The number of rotatable bonds is 10. The molecule has 0 saturated carbocycles. The molecule has 2 fully saturated rings. The van der Waals surface area contributed by atoms with Crippen molar-refractivity contribution in [3.8, 4) is 5.75 Å². The van der Waals surface area contributed by atoms with Crippen LogP contribution in [0.5, 0.6) is 5.75 Å². The predicted molar refractivity (Wildman–Crippen MR) is 152 cm³/mol. The van der Waals surface area contributed by atoms with Crippen molar-refractivity contribution in [2.75, 3.05) is 52.5 Å². The van der Waals surface area contributed by atoms with Gasteiger partial charge in [0.15, 0.2) is 6.61 Å². The van der Waals surface area contributed by atoms with E-state index in [1.54, 1.807) is 31.2 Å². The number of likely N-dealkylation sites (tertiary alicyclic amines) is 1. The lowest BCUT2D eigenvalue weighted by Gasteiger charge is -2.35. The number of aliphatic hydroxyl groups excluding tert-OH is 1. The minimum absolute atomic E-state index is 0.0743. The van der Waals surface area contributed by atoms with Crippen LogP contribution in [0, 0.1) is 0 Å². The number of nitrogens with zero attached hydrogens (tertiary/aromatic N) is 4. The quantitative estimate of drug-likeness (QED) is 0.355. The molecule has 3 heterocycles. The number of aliphatic hydroxyl groups is 1. The first-order valence-electron chi connectivity index (χ1n) is 14.4. The van der Waals surface area contributed by atoms with Crippen molar-refractivity contribution in [2.45, 2.75) is 44.8 Å². The highest BCUT2D eigenvalue weighted by Crippen LogP contribution is 2.26. The van der Waals surface area contributed by atoms with E-state index in [9.17, 15) is 34.2 Å². The standard InChI is InChI=1S/C29H37N5O9/c1-2-42-29(41)33-14-12-32(13-15-33)28(40)22(9-10-26(37)38)31-27(39)23-16-24(20-7-3-4-8-21(20)30-23)43-18-25(36)34-11-5-6-19(35)17-34/h3-4,7-8,16,19,22,35H,2,5-6,9-15,17-18H2,1H3,(H,31,39)(H,37,38)/t19-,22+/m1/s1. The van der Waals surface area contributed by atoms with E-state index in [-0.39, 0.29) is 76.1 Å². The fraction of sp³-hybridized carbons (Fsp3) is 0.517. The topological polar surface area (TPSA) is 179 Å². The number of amides is 4. The maximum atomic E-state index is 13.4. The Balaban J connectivity index is 1.48. The Morgan fingerprint density at radius 3 is 2.47 bits per heavy atom. The van der Waals surface area contributed by atoms with Crippen LogP contribution in [-0.4, -0.2) is 124 Å². The molecule has 0 radical (unpaired) electrons. The number of carbonyl (C=O) groups excluding carboxylic acids is 4. The van der Waals surface area contributed by atoms with Crippen LogP contribution in [0.1, 0.15) is 43.1 Å². The summed E-state index contributed by atoms with van der Waals surface area (Å²) in [5, 5.41) is 22.4. The highest BCUT2D eigenvalue weighted by Gasteiger charge is 2.31. The summed E-state index contributed by atoms with van der Waals surface area (Å²) in [5.74, 6) is -2.36. The number of aliphatic carboxylic acids is 1. The van der Waals surface area contributed by atoms with E-state index in [0.29, 0.717) is 30.3 Å². The molecule has 4 amide bonds. The number of carboxylic acids is 1. The summed E-state index contributed by atoms with van der Waals surface area (Å²) in [7, 11) is 0. The number of pyridine rings is 1. The molecule has 14 nitrogen and oxygen atoms in total. The predicted octanol–water partition coefficient (Wildman–Crippen LogP) is 0.861. The van der Waals surface area contributed by atoms with E-state index in [2.05, 4.69) is 10.3 Å². The van der Waals surface area contributed by atoms with E-state index in [4.69, 9.17) is 9.47 Å². The lowest BCUT2D eigenvalue weighted by Crippen LogP contribution is -2.56. The molecule has 0 spiro atoms. The Bertz CT molecular complexity index is 1340. The summed E-state index contributed by atoms with van der Waals surface area (Å²) in [6.07, 6.45) is -0.220. The number of carbonyl (C=O) groups is 5. The number of ether oxygens (including phenoxy) is 2. The van der Waals surface area contributed by atoms with Gasteiger partial charge in [-0.05, 0) is 38.3 Å². The molecule has 0 unspecified atom stereocenters. The van der Waals surface area contributed by atoms with Crippen LogP contribution in [0.25, 0.3) is 10.9 Å².